The lowest BCUT2D eigenvalue weighted by molar-refractivity contribution is 0.355. The van der Waals surface area contributed by atoms with Crippen molar-refractivity contribution in [2.75, 3.05) is 50.5 Å². The van der Waals surface area contributed by atoms with E-state index in [0.717, 1.165) is 21.3 Å². The maximum atomic E-state index is 12.3. The van der Waals surface area contributed by atoms with Crippen LogP contribution >= 0.6 is 11.3 Å². The first kappa shape index (κ1) is 20.6. The Morgan fingerprint density at radius 2 is 1.80 bits per heavy atom. The second-order valence-electron chi connectivity index (χ2n) is 6.86. The second-order valence-corrected chi connectivity index (χ2v) is 10.0. The Kier molecular flexibility index (Phi) is 5.90. The molecule has 0 unspecified atom stereocenters. The van der Waals surface area contributed by atoms with E-state index in [9.17, 15) is 8.42 Å². The summed E-state index contributed by atoms with van der Waals surface area (Å²) in [5.74, 6) is 0.682. The molecule has 0 amide bonds. The largest absolute Gasteiger partial charge is 0.369 e. The van der Waals surface area contributed by atoms with E-state index in [1.807, 2.05) is 12.1 Å². The number of piperazine rings is 1. The standard InChI is InChI=1S/C18H22N8O2S2/c1-24(2)30(27,28)26-7-5-25(6-8-26)15-3-4-21-17(9-15)23-18-22-12-16(29-18)14-10-19-13-20-11-14/h3-4,9-13H,5-8H2,1-2H3,(H,21,22,23). The van der Waals surface area contributed by atoms with Crippen molar-refractivity contribution in [3.05, 3.63) is 43.2 Å². The molecule has 0 saturated carbocycles. The van der Waals surface area contributed by atoms with E-state index in [1.54, 1.807) is 38.9 Å². The fourth-order valence-electron chi connectivity index (χ4n) is 3.09. The van der Waals surface area contributed by atoms with Gasteiger partial charge in [0.05, 0.1) is 4.88 Å². The van der Waals surface area contributed by atoms with Gasteiger partial charge in [-0.25, -0.2) is 19.9 Å². The van der Waals surface area contributed by atoms with Gasteiger partial charge >= 0.3 is 0 Å². The summed E-state index contributed by atoms with van der Waals surface area (Å²) in [6, 6.07) is 3.87. The van der Waals surface area contributed by atoms with Crippen LogP contribution in [-0.4, -0.2) is 77.2 Å². The molecule has 0 aliphatic carbocycles. The van der Waals surface area contributed by atoms with Crippen molar-refractivity contribution in [3.63, 3.8) is 0 Å². The smallest absolute Gasteiger partial charge is 0.281 e. The van der Waals surface area contributed by atoms with Gasteiger partial charge in [-0.3, -0.25) is 0 Å². The Balaban J connectivity index is 1.42. The number of hydrogen-bond acceptors (Lipinski definition) is 9. The predicted molar refractivity (Wildman–Crippen MR) is 117 cm³/mol. The second kappa shape index (κ2) is 8.60. The number of nitrogens with zero attached hydrogens (tertiary/aromatic N) is 7. The van der Waals surface area contributed by atoms with Gasteiger partial charge in [-0.2, -0.15) is 17.0 Å². The molecule has 3 aromatic rings. The van der Waals surface area contributed by atoms with Crippen LogP contribution < -0.4 is 10.2 Å². The Labute approximate surface area is 179 Å². The van der Waals surface area contributed by atoms with Crippen molar-refractivity contribution in [1.82, 2.24) is 28.5 Å². The average molecular weight is 447 g/mol. The number of pyridine rings is 1. The van der Waals surface area contributed by atoms with E-state index >= 15 is 0 Å². The molecule has 1 N–H and O–H groups in total. The van der Waals surface area contributed by atoms with Crippen LogP contribution in [0.15, 0.2) is 43.2 Å². The highest BCUT2D eigenvalue weighted by molar-refractivity contribution is 7.86. The van der Waals surface area contributed by atoms with Gasteiger partial charge in [0.25, 0.3) is 10.2 Å². The molecule has 1 fully saturated rings. The third kappa shape index (κ3) is 4.41. The van der Waals surface area contributed by atoms with Crippen LogP contribution in [-0.2, 0) is 10.2 Å². The lowest BCUT2D eigenvalue weighted by atomic mass is 10.3. The molecule has 0 aromatic carbocycles. The fourth-order valence-corrected chi connectivity index (χ4v) is 4.98. The summed E-state index contributed by atoms with van der Waals surface area (Å²) in [5.41, 5.74) is 1.90. The maximum absolute atomic E-state index is 12.3. The third-order valence-electron chi connectivity index (χ3n) is 4.72. The number of hydrogen-bond donors (Lipinski definition) is 1. The van der Waals surface area contributed by atoms with Crippen molar-refractivity contribution >= 4 is 38.2 Å². The van der Waals surface area contributed by atoms with E-state index in [-0.39, 0.29) is 0 Å². The summed E-state index contributed by atoms with van der Waals surface area (Å²) in [7, 11) is -0.270. The summed E-state index contributed by atoms with van der Waals surface area (Å²) in [4.78, 5) is 20.0. The minimum absolute atomic E-state index is 0.445. The number of aromatic nitrogens is 4. The zero-order valence-corrected chi connectivity index (χ0v) is 18.3. The third-order valence-corrected chi connectivity index (χ3v) is 7.62. The first-order valence-corrected chi connectivity index (χ1v) is 11.5. The lowest BCUT2D eigenvalue weighted by Crippen LogP contribution is -2.51. The van der Waals surface area contributed by atoms with Crippen molar-refractivity contribution < 1.29 is 8.42 Å². The minimum Gasteiger partial charge on any atom is -0.369 e. The number of anilines is 3. The van der Waals surface area contributed by atoms with Gasteiger partial charge in [-0.15, -0.1) is 0 Å². The predicted octanol–water partition coefficient (Wildman–Crippen LogP) is 1.67. The van der Waals surface area contributed by atoms with Gasteiger partial charge in [0.15, 0.2) is 5.13 Å². The van der Waals surface area contributed by atoms with Crippen LogP contribution in [0.3, 0.4) is 0 Å². The van der Waals surface area contributed by atoms with E-state index in [0.29, 0.717) is 32.0 Å². The van der Waals surface area contributed by atoms with Crippen molar-refractivity contribution in [2.45, 2.75) is 0 Å². The molecule has 12 heteroatoms. The Hall–Kier alpha value is -2.67. The Morgan fingerprint density at radius 1 is 1.07 bits per heavy atom. The summed E-state index contributed by atoms with van der Waals surface area (Å²) in [6.45, 7) is 2.12. The molecule has 4 rings (SSSR count). The summed E-state index contributed by atoms with van der Waals surface area (Å²) in [6.07, 6.45) is 8.51. The normalized spacial score (nSPS) is 15.5. The minimum atomic E-state index is -3.38. The van der Waals surface area contributed by atoms with Crippen molar-refractivity contribution in [2.24, 2.45) is 0 Å². The van der Waals surface area contributed by atoms with Crippen molar-refractivity contribution in [1.29, 1.82) is 0 Å². The molecule has 30 heavy (non-hydrogen) atoms. The molecule has 158 valence electrons. The van der Waals surface area contributed by atoms with Gasteiger partial charge in [0.1, 0.15) is 12.1 Å². The fraction of sp³-hybridized carbons (Fsp3) is 0.333. The van der Waals surface area contributed by atoms with Gasteiger partial charge < -0.3 is 10.2 Å². The van der Waals surface area contributed by atoms with Gasteiger partial charge in [0.2, 0.25) is 0 Å². The molecule has 1 saturated heterocycles. The monoisotopic (exact) mass is 446 g/mol. The molecule has 1 aliphatic heterocycles. The van der Waals surface area contributed by atoms with E-state index in [1.165, 1.54) is 26.3 Å². The topological polar surface area (TPSA) is 107 Å². The van der Waals surface area contributed by atoms with Crippen LogP contribution in [0.2, 0.25) is 0 Å². The van der Waals surface area contributed by atoms with Crippen LogP contribution in [0, 0.1) is 0 Å². The summed E-state index contributed by atoms with van der Waals surface area (Å²) >= 11 is 1.49. The molecule has 10 nitrogen and oxygen atoms in total. The highest BCUT2D eigenvalue weighted by atomic mass is 32.2. The molecular formula is C18H22N8O2S2. The first-order valence-electron chi connectivity index (χ1n) is 9.30. The van der Waals surface area contributed by atoms with Crippen molar-refractivity contribution in [3.8, 4) is 10.4 Å². The zero-order valence-electron chi connectivity index (χ0n) is 16.6. The molecule has 0 atom stereocenters. The Bertz CT molecular complexity index is 1100. The number of thiazole rings is 1. The highest BCUT2D eigenvalue weighted by Crippen LogP contribution is 2.30. The van der Waals surface area contributed by atoms with E-state index in [2.05, 4.69) is 30.2 Å². The zero-order chi connectivity index (χ0) is 21.1. The lowest BCUT2D eigenvalue weighted by Gasteiger charge is -2.36. The van der Waals surface area contributed by atoms with Gasteiger partial charge in [-0.05, 0) is 6.07 Å². The van der Waals surface area contributed by atoms with Crippen LogP contribution in [0.5, 0.6) is 0 Å². The number of rotatable bonds is 6. The van der Waals surface area contributed by atoms with Crippen LogP contribution in [0.1, 0.15) is 0 Å². The molecule has 4 heterocycles. The number of nitrogens with one attached hydrogen (secondary N) is 1. The quantitative estimate of drug-likeness (QED) is 0.609. The SMILES string of the molecule is CN(C)S(=O)(=O)N1CCN(c2ccnc(Nc3ncc(-c4cncnc4)s3)c2)CC1. The first-order chi connectivity index (χ1) is 14.4. The van der Waals surface area contributed by atoms with Gasteiger partial charge in [-0.1, -0.05) is 11.3 Å². The molecule has 1 aliphatic rings. The molecule has 0 spiro atoms. The molecule has 3 aromatic heterocycles. The molecule has 0 radical (unpaired) electrons. The maximum Gasteiger partial charge on any atom is 0.281 e. The van der Waals surface area contributed by atoms with Gasteiger partial charge in [0, 0.05) is 82.4 Å². The molecular weight excluding hydrogens is 424 g/mol. The Morgan fingerprint density at radius 3 is 2.50 bits per heavy atom. The van der Waals surface area contributed by atoms with E-state index < -0.39 is 10.2 Å². The summed E-state index contributed by atoms with van der Waals surface area (Å²) < 4.78 is 27.3. The van der Waals surface area contributed by atoms with Crippen LogP contribution in [0.4, 0.5) is 16.6 Å². The summed E-state index contributed by atoms with van der Waals surface area (Å²) in [5, 5.41) is 3.96. The van der Waals surface area contributed by atoms with E-state index in [4.69, 9.17) is 0 Å². The highest BCUT2D eigenvalue weighted by Gasteiger charge is 2.28. The average Bonchev–Trinajstić information content (AvgIpc) is 3.23. The molecule has 0 bridgehead atoms. The van der Waals surface area contributed by atoms with Crippen LogP contribution in [0.25, 0.3) is 10.4 Å².